The molecule has 0 aliphatic carbocycles. The van der Waals surface area contributed by atoms with Crippen molar-refractivity contribution in [1.29, 1.82) is 0 Å². The SMILES string of the molecule is CN1CCC(N2CCC3C2C(=O)NCC(CCC(=O)NCc2cccnc2)N3C)CC1. The Labute approximate surface area is 185 Å². The number of nitrogens with one attached hydrogen (secondary N) is 2. The smallest absolute Gasteiger partial charge is 0.239 e. The van der Waals surface area contributed by atoms with E-state index >= 15 is 0 Å². The number of hydrogen-bond donors (Lipinski definition) is 2. The van der Waals surface area contributed by atoms with Crippen LogP contribution in [0.15, 0.2) is 24.5 Å². The molecule has 0 spiro atoms. The highest BCUT2D eigenvalue weighted by Crippen LogP contribution is 2.31. The Bertz CT molecular complexity index is 752. The number of amides is 2. The fourth-order valence-electron chi connectivity index (χ4n) is 5.42. The molecule has 170 valence electrons. The molecule has 2 amide bonds. The summed E-state index contributed by atoms with van der Waals surface area (Å²) in [6.07, 6.45) is 7.99. The van der Waals surface area contributed by atoms with E-state index in [0.717, 1.165) is 50.9 Å². The predicted octanol–water partition coefficient (Wildman–Crippen LogP) is 0.445. The second-order valence-corrected chi connectivity index (χ2v) is 9.31. The van der Waals surface area contributed by atoms with Crippen LogP contribution in [0, 0.1) is 0 Å². The van der Waals surface area contributed by atoms with Crippen molar-refractivity contribution in [2.45, 2.75) is 62.8 Å². The van der Waals surface area contributed by atoms with Gasteiger partial charge in [0.25, 0.3) is 0 Å². The van der Waals surface area contributed by atoms with Crippen LogP contribution in [-0.4, -0.2) is 95.9 Å². The Kier molecular flexibility index (Phi) is 7.20. The van der Waals surface area contributed by atoms with E-state index in [2.05, 4.69) is 44.4 Å². The van der Waals surface area contributed by atoms with Crippen LogP contribution >= 0.6 is 0 Å². The summed E-state index contributed by atoms with van der Waals surface area (Å²) in [6.45, 7) is 4.30. The molecule has 3 aliphatic heterocycles. The van der Waals surface area contributed by atoms with Gasteiger partial charge >= 0.3 is 0 Å². The molecule has 8 nitrogen and oxygen atoms in total. The maximum atomic E-state index is 13.0. The Morgan fingerprint density at radius 2 is 2.03 bits per heavy atom. The van der Waals surface area contributed by atoms with Gasteiger partial charge in [-0.25, -0.2) is 0 Å². The minimum atomic E-state index is -0.0668. The summed E-state index contributed by atoms with van der Waals surface area (Å²) in [5.41, 5.74) is 0.998. The number of carbonyl (C=O) groups excluding carboxylic acids is 2. The average molecular weight is 429 g/mol. The minimum Gasteiger partial charge on any atom is -0.353 e. The topological polar surface area (TPSA) is 80.8 Å². The van der Waals surface area contributed by atoms with E-state index < -0.39 is 0 Å². The van der Waals surface area contributed by atoms with Crippen LogP contribution in [0.2, 0.25) is 0 Å². The fraction of sp³-hybridized carbons (Fsp3) is 0.696. The van der Waals surface area contributed by atoms with Crippen LogP contribution in [0.4, 0.5) is 0 Å². The number of carbonyl (C=O) groups is 2. The summed E-state index contributed by atoms with van der Waals surface area (Å²) in [5, 5.41) is 6.16. The summed E-state index contributed by atoms with van der Waals surface area (Å²) in [5.74, 6) is 0.209. The van der Waals surface area contributed by atoms with Gasteiger partial charge in [0.1, 0.15) is 6.04 Å². The molecule has 3 saturated heterocycles. The molecule has 0 aromatic carbocycles. The number of aromatic nitrogens is 1. The third kappa shape index (κ3) is 5.25. The molecule has 3 unspecified atom stereocenters. The quantitative estimate of drug-likeness (QED) is 0.685. The Morgan fingerprint density at radius 3 is 2.77 bits per heavy atom. The van der Waals surface area contributed by atoms with E-state index in [1.807, 2.05) is 12.1 Å². The van der Waals surface area contributed by atoms with Crippen LogP contribution in [0.1, 0.15) is 37.7 Å². The Morgan fingerprint density at radius 1 is 1.23 bits per heavy atom. The van der Waals surface area contributed by atoms with E-state index in [-0.39, 0.29) is 29.9 Å². The second-order valence-electron chi connectivity index (χ2n) is 9.31. The zero-order chi connectivity index (χ0) is 21.8. The predicted molar refractivity (Wildman–Crippen MR) is 119 cm³/mol. The standard InChI is InChI=1S/C23H36N6O2/c1-27-11-7-18(8-12-27)29-13-9-20-22(29)23(31)26-16-19(28(20)2)5-6-21(30)25-15-17-4-3-10-24-14-17/h3-4,10,14,18-20,22H,5-9,11-13,15-16H2,1-2H3,(H,25,30)(H,26,31). The first-order valence-corrected chi connectivity index (χ1v) is 11.6. The van der Waals surface area contributed by atoms with Crippen LogP contribution in [-0.2, 0) is 16.1 Å². The molecule has 0 saturated carbocycles. The van der Waals surface area contributed by atoms with Gasteiger partial charge < -0.3 is 15.5 Å². The maximum absolute atomic E-state index is 13.0. The molecule has 1 aromatic rings. The third-order valence-corrected chi connectivity index (χ3v) is 7.36. The number of fused-ring (bicyclic) bond motifs is 1. The third-order valence-electron chi connectivity index (χ3n) is 7.36. The Balaban J connectivity index is 1.31. The monoisotopic (exact) mass is 428 g/mol. The largest absolute Gasteiger partial charge is 0.353 e. The second kappa shape index (κ2) is 10.1. The molecule has 3 aliphatic rings. The van der Waals surface area contributed by atoms with Gasteiger partial charge in [-0.05, 0) is 64.5 Å². The highest BCUT2D eigenvalue weighted by Gasteiger charge is 2.47. The van der Waals surface area contributed by atoms with Crippen molar-refractivity contribution in [3.8, 4) is 0 Å². The number of rotatable bonds is 6. The summed E-state index contributed by atoms with van der Waals surface area (Å²) < 4.78 is 0. The number of piperidine rings is 1. The number of likely N-dealkylation sites (N-methyl/N-ethyl adjacent to an activating group) is 1. The van der Waals surface area contributed by atoms with Crippen LogP contribution in [0.3, 0.4) is 0 Å². The highest BCUT2D eigenvalue weighted by atomic mass is 16.2. The van der Waals surface area contributed by atoms with Gasteiger partial charge in [-0.15, -0.1) is 0 Å². The molecule has 3 atom stereocenters. The van der Waals surface area contributed by atoms with Crippen LogP contribution in [0.25, 0.3) is 0 Å². The summed E-state index contributed by atoms with van der Waals surface area (Å²) in [6, 6.07) is 4.67. The lowest BCUT2D eigenvalue weighted by Gasteiger charge is -2.39. The molecule has 3 fully saturated rings. The zero-order valence-electron chi connectivity index (χ0n) is 18.8. The number of pyridine rings is 1. The molecule has 4 heterocycles. The van der Waals surface area contributed by atoms with Crippen molar-refractivity contribution in [3.05, 3.63) is 30.1 Å². The van der Waals surface area contributed by atoms with Crippen molar-refractivity contribution in [1.82, 2.24) is 30.3 Å². The van der Waals surface area contributed by atoms with Crippen molar-refractivity contribution in [2.24, 2.45) is 0 Å². The van der Waals surface area contributed by atoms with Gasteiger partial charge in [0.05, 0.1) is 0 Å². The van der Waals surface area contributed by atoms with Crippen molar-refractivity contribution in [3.63, 3.8) is 0 Å². The molecule has 8 heteroatoms. The molecular weight excluding hydrogens is 392 g/mol. The number of hydrogen-bond acceptors (Lipinski definition) is 6. The van der Waals surface area contributed by atoms with Gasteiger partial charge in [0, 0.05) is 56.6 Å². The lowest BCUT2D eigenvalue weighted by Crippen LogP contribution is -2.54. The molecule has 31 heavy (non-hydrogen) atoms. The number of nitrogens with zero attached hydrogens (tertiary/aromatic N) is 4. The van der Waals surface area contributed by atoms with Gasteiger partial charge in [-0.1, -0.05) is 6.07 Å². The summed E-state index contributed by atoms with van der Waals surface area (Å²) in [4.78, 5) is 36.7. The van der Waals surface area contributed by atoms with Gasteiger partial charge in [0.2, 0.25) is 11.8 Å². The van der Waals surface area contributed by atoms with Crippen LogP contribution in [0.5, 0.6) is 0 Å². The maximum Gasteiger partial charge on any atom is 0.239 e. The van der Waals surface area contributed by atoms with Crippen molar-refractivity contribution in [2.75, 3.05) is 40.3 Å². The normalized spacial score (nSPS) is 28.7. The Hall–Kier alpha value is -2.03. The van der Waals surface area contributed by atoms with Gasteiger partial charge in [-0.2, -0.15) is 0 Å². The minimum absolute atomic E-state index is 0.0451. The molecule has 0 bridgehead atoms. The molecule has 0 radical (unpaired) electrons. The number of likely N-dealkylation sites (tertiary alicyclic amines) is 2. The zero-order valence-corrected chi connectivity index (χ0v) is 18.8. The van der Waals surface area contributed by atoms with E-state index in [1.54, 1.807) is 12.4 Å². The van der Waals surface area contributed by atoms with Gasteiger partial charge in [0.15, 0.2) is 0 Å². The van der Waals surface area contributed by atoms with Crippen molar-refractivity contribution >= 4 is 11.8 Å². The first kappa shape index (κ1) is 22.2. The summed E-state index contributed by atoms with van der Waals surface area (Å²) >= 11 is 0. The molecule has 2 N–H and O–H groups in total. The van der Waals surface area contributed by atoms with E-state index in [9.17, 15) is 9.59 Å². The fourth-order valence-corrected chi connectivity index (χ4v) is 5.42. The highest BCUT2D eigenvalue weighted by molar-refractivity contribution is 5.83. The molecule has 4 rings (SSSR count). The lowest BCUT2D eigenvalue weighted by atomic mass is 10.0. The lowest BCUT2D eigenvalue weighted by molar-refractivity contribution is -0.127. The summed E-state index contributed by atoms with van der Waals surface area (Å²) in [7, 11) is 4.31. The van der Waals surface area contributed by atoms with Crippen LogP contribution < -0.4 is 10.6 Å². The van der Waals surface area contributed by atoms with E-state index in [4.69, 9.17) is 0 Å². The van der Waals surface area contributed by atoms with E-state index in [1.165, 1.54) is 0 Å². The first-order valence-electron chi connectivity index (χ1n) is 11.6. The average Bonchev–Trinajstić information content (AvgIpc) is 3.19. The van der Waals surface area contributed by atoms with Crippen molar-refractivity contribution < 1.29 is 9.59 Å². The first-order chi connectivity index (χ1) is 15.0. The molecular formula is C23H36N6O2. The molecule has 1 aromatic heterocycles. The van der Waals surface area contributed by atoms with Gasteiger partial charge in [-0.3, -0.25) is 24.4 Å². The van der Waals surface area contributed by atoms with E-state index in [0.29, 0.717) is 25.6 Å².